The Balaban J connectivity index is 1.67. The molecular formula is C17H19FN2O. The average Bonchev–Trinajstić information content (AvgIpc) is 2.55. The molecule has 0 amide bonds. The van der Waals surface area contributed by atoms with Crippen LogP contribution in [-0.4, -0.2) is 25.2 Å². The summed E-state index contributed by atoms with van der Waals surface area (Å²) in [6.45, 7) is 1.80. The molecule has 0 spiro atoms. The highest BCUT2D eigenvalue weighted by atomic mass is 19.1. The number of nitrogens with zero attached hydrogens (tertiary/aromatic N) is 2. The molecule has 1 saturated heterocycles. The Hall–Kier alpha value is -2.10. The fourth-order valence-electron chi connectivity index (χ4n) is 2.91. The lowest BCUT2D eigenvalue weighted by Gasteiger charge is -2.33. The first-order valence-electron chi connectivity index (χ1n) is 7.28. The second kappa shape index (κ2) is 6.12. The van der Waals surface area contributed by atoms with Crippen LogP contribution in [-0.2, 0) is 0 Å². The van der Waals surface area contributed by atoms with Gasteiger partial charge in [0.15, 0.2) is 0 Å². The second-order valence-corrected chi connectivity index (χ2v) is 5.36. The van der Waals surface area contributed by atoms with Crippen LogP contribution >= 0.6 is 0 Å². The fourth-order valence-corrected chi connectivity index (χ4v) is 2.91. The zero-order valence-electron chi connectivity index (χ0n) is 12.1. The lowest BCUT2D eigenvalue weighted by atomic mass is 9.89. The van der Waals surface area contributed by atoms with E-state index in [0.29, 0.717) is 5.92 Å². The summed E-state index contributed by atoms with van der Waals surface area (Å²) in [5.41, 5.74) is 1.32. The molecule has 1 aromatic heterocycles. The summed E-state index contributed by atoms with van der Waals surface area (Å²) in [5.74, 6) is 1.76. The maximum atomic E-state index is 13.2. The first-order chi connectivity index (χ1) is 10.3. The molecule has 0 saturated carbocycles. The Bertz CT molecular complexity index is 609. The van der Waals surface area contributed by atoms with E-state index in [2.05, 4.69) is 22.0 Å². The van der Waals surface area contributed by atoms with Gasteiger partial charge in [0.1, 0.15) is 11.6 Å². The Morgan fingerprint density at radius 3 is 2.62 bits per heavy atom. The van der Waals surface area contributed by atoms with Gasteiger partial charge in [0.05, 0.1) is 7.11 Å². The highest BCUT2D eigenvalue weighted by molar-refractivity contribution is 5.39. The number of hydrogen-bond acceptors (Lipinski definition) is 3. The van der Waals surface area contributed by atoms with Gasteiger partial charge in [-0.25, -0.2) is 4.98 Å². The van der Waals surface area contributed by atoms with E-state index in [0.717, 1.165) is 37.5 Å². The van der Waals surface area contributed by atoms with Gasteiger partial charge in [0.2, 0.25) is 5.95 Å². The number of piperidine rings is 1. The molecule has 0 atom stereocenters. The number of ether oxygens (including phenoxy) is 1. The Morgan fingerprint density at radius 2 is 1.90 bits per heavy atom. The van der Waals surface area contributed by atoms with Crippen LogP contribution in [0.4, 0.5) is 10.2 Å². The Kier molecular flexibility index (Phi) is 4.04. The molecule has 0 N–H and O–H groups in total. The number of hydrogen-bond donors (Lipinski definition) is 0. The molecule has 3 nitrogen and oxygen atoms in total. The van der Waals surface area contributed by atoms with Crippen molar-refractivity contribution in [2.24, 2.45) is 0 Å². The van der Waals surface area contributed by atoms with E-state index < -0.39 is 5.95 Å². The van der Waals surface area contributed by atoms with Gasteiger partial charge >= 0.3 is 0 Å². The van der Waals surface area contributed by atoms with Crippen LogP contribution in [0.1, 0.15) is 24.3 Å². The topological polar surface area (TPSA) is 25.4 Å². The van der Waals surface area contributed by atoms with Crippen molar-refractivity contribution in [1.29, 1.82) is 0 Å². The van der Waals surface area contributed by atoms with E-state index in [1.807, 2.05) is 18.2 Å². The molecule has 2 heterocycles. The zero-order valence-corrected chi connectivity index (χ0v) is 12.1. The molecule has 21 heavy (non-hydrogen) atoms. The van der Waals surface area contributed by atoms with Crippen molar-refractivity contribution in [3.05, 3.63) is 54.0 Å². The smallest absolute Gasteiger partial charge is 0.214 e. The molecule has 0 radical (unpaired) electrons. The van der Waals surface area contributed by atoms with E-state index >= 15 is 0 Å². The second-order valence-electron chi connectivity index (χ2n) is 5.36. The van der Waals surface area contributed by atoms with E-state index in [1.54, 1.807) is 13.2 Å². The van der Waals surface area contributed by atoms with Gasteiger partial charge in [-0.2, -0.15) is 4.39 Å². The minimum absolute atomic E-state index is 0.414. The lowest BCUT2D eigenvalue weighted by Crippen LogP contribution is -2.33. The van der Waals surface area contributed by atoms with Gasteiger partial charge in [-0.1, -0.05) is 18.2 Å². The van der Waals surface area contributed by atoms with Crippen LogP contribution in [0.5, 0.6) is 5.75 Å². The van der Waals surface area contributed by atoms with Crippen LogP contribution in [0.3, 0.4) is 0 Å². The zero-order chi connectivity index (χ0) is 14.7. The van der Waals surface area contributed by atoms with Gasteiger partial charge in [-0.15, -0.1) is 0 Å². The lowest BCUT2D eigenvalue weighted by molar-refractivity contribution is 0.412. The maximum absolute atomic E-state index is 13.2. The van der Waals surface area contributed by atoms with Gasteiger partial charge in [-0.05, 0) is 48.6 Å². The summed E-state index contributed by atoms with van der Waals surface area (Å²) in [7, 11) is 1.69. The molecule has 1 aliphatic heterocycles. The SMILES string of the molecule is COc1cccc(C2CCN(c3cccc(F)n3)CC2)c1. The molecule has 1 aromatic carbocycles. The predicted molar refractivity (Wildman–Crippen MR) is 81.4 cm³/mol. The summed E-state index contributed by atoms with van der Waals surface area (Å²) in [4.78, 5) is 6.11. The normalized spacial score (nSPS) is 16.0. The van der Waals surface area contributed by atoms with Crippen molar-refractivity contribution in [3.8, 4) is 5.75 Å². The van der Waals surface area contributed by atoms with Crippen molar-refractivity contribution in [2.75, 3.05) is 25.1 Å². The van der Waals surface area contributed by atoms with Gasteiger partial charge in [0.25, 0.3) is 0 Å². The summed E-state index contributed by atoms with van der Waals surface area (Å²) in [6, 6.07) is 13.2. The molecular weight excluding hydrogens is 267 g/mol. The molecule has 110 valence electrons. The van der Waals surface area contributed by atoms with Crippen molar-refractivity contribution in [2.45, 2.75) is 18.8 Å². The van der Waals surface area contributed by atoms with E-state index in [4.69, 9.17) is 4.74 Å². The van der Waals surface area contributed by atoms with Crippen molar-refractivity contribution >= 4 is 5.82 Å². The molecule has 0 aliphatic carbocycles. The number of aromatic nitrogens is 1. The fraction of sp³-hybridized carbons (Fsp3) is 0.353. The van der Waals surface area contributed by atoms with E-state index in [1.165, 1.54) is 11.6 Å². The molecule has 0 bridgehead atoms. The minimum Gasteiger partial charge on any atom is -0.497 e. The van der Waals surface area contributed by atoms with Crippen molar-refractivity contribution < 1.29 is 9.13 Å². The van der Waals surface area contributed by atoms with Gasteiger partial charge < -0.3 is 9.64 Å². The standard InChI is InChI=1S/C17H19FN2O/c1-21-15-5-2-4-14(12-15)13-8-10-20(11-9-13)17-7-3-6-16(18)19-17/h2-7,12-13H,8-11H2,1H3. The maximum Gasteiger partial charge on any atom is 0.214 e. The predicted octanol–water partition coefficient (Wildman–Crippen LogP) is 3.61. The molecule has 1 fully saturated rings. The highest BCUT2D eigenvalue weighted by Gasteiger charge is 2.21. The van der Waals surface area contributed by atoms with Crippen LogP contribution < -0.4 is 9.64 Å². The monoisotopic (exact) mass is 286 g/mol. The number of benzene rings is 1. The Morgan fingerprint density at radius 1 is 1.14 bits per heavy atom. The molecule has 4 heteroatoms. The molecule has 1 aliphatic rings. The summed E-state index contributed by atoms with van der Waals surface area (Å²) < 4.78 is 18.5. The first kappa shape index (κ1) is 13.9. The van der Waals surface area contributed by atoms with Gasteiger partial charge in [0, 0.05) is 13.1 Å². The van der Waals surface area contributed by atoms with Crippen LogP contribution in [0, 0.1) is 5.95 Å². The largest absolute Gasteiger partial charge is 0.497 e. The quantitative estimate of drug-likeness (QED) is 0.806. The minimum atomic E-state index is -0.414. The first-order valence-corrected chi connectivity index (χ1v) is 7.28. The van der Waals surface area contributed by atoms with Crippen LogP contribution in [0.25, 0.3) is 0 Å². The third-order valence-corrected chi connectivity index (χ3v) is 4.08. The van der Waals surface area contributed by atoms with Gasteiger partial charge in [-0.3, -0.25) is 0 Å². The summed E-state index contributed by atoms with van der Waals surface area (Å²) >= 11 is 0. The Labute approximate surface area is 124 Å². The third-order valence-electron chi connectivity index (χ3n) is 4.08. The number of anilines is 1. The number of halogens is 1. The number of rotatable bonds is 3. The van der Waals surface area contributed by atoms with E-state index in [9.17, 15) is 4.39 Å². The third kappa shape index (κ3) is 3.15. The number of pyridine rings is 1. The van der Waals surface area contributed by atoms with Crippen molar-refractivity contribution in [1.82, 2.24) is 4.98 Å². The highest BCUT2D eigenvalue weighted by Crippen LogP contribution is 2.31. The molecule has 2 aromatic rings. The van der Waals surface area contributed by atoms with Crippen LogP contribution in [0.2, 0.25) is 0 Å². The van der Waals surface area contributed by atoms with Crippen LogP contribution in [0.15, 0.2) is 42.5 Å². The summed E-state index contributed by atoms with van der Waals surface area (Å²) in [5, 5.41) is 0. The van der Waals surface area contributed by atoms with Crippen molar-refractivity contribution in [3.63, 3.8) is 0 Å². The summed E-state index contributed by atoms with van der Waals surface area (Å²) in [6.07, 6.45) is 2.09. The number of methoxy groups -OCH3 is 1. The molecule has 3 rings (SSSR count). The molecule has 0 unspecified atom stereocenters. The average molecular weight is 286 g/mol. The van der Waals surface area contributed by atoms with E-state index in [-0.39, 0.29) is 0 Å².